The molecule has 2 atom stereocenters. The summed E-state index contributed by atoms with van der Waals surface area (Å²) in [5, 5.41) is 0. The fraction of sp³-hybridized carbons (Fsp3) is 0.455. The van der Waals surface area contributed by atoms with Crippen molar-refractivity contribution in [1.29, 1.82) is 0 Å². The SMILES string of the molecule is CC(C)(C)C1=[C]([Zr]([CH3])([CH3])(=[SiH2])[C]2=C(C(C)(C)C)C=C3C2=CC(C(C)(C)C)N3c2ccccc2)C2=CC(C(C)(C)C)N(c3ccccc3)C2=C1.Cl.Cl. The van der Waals surface area contributed by atoms with Crippen molar-refractivity contribution in [2.45, 2.75) is 104 Å². The fourth-order valence-electron chi connectivity index (χ4n) is 8.71. The molecule has 0 amide bonds. The molecule has 0 radical (unpaired) electrons. The first-order chi connectivity index (χ1) is 21.9. The summed E-state index contributed by atoms with van der Waals surface area (Å²) in [5.41, 5.74) is 11.7. The molecule has 0 spiro atoms. The van der Waals surface area contributed by atoms with Gasteiger partial charge in [-0.2, -0.15) is 0 Å². The van der Waals surface area contributed by atoms with Gasteiger partial charge in [0.05, 0.1) is 0 Å². The number of nitrogens with zero attached hydrogens (tertiary/aromatic N) is 2. The summed E-state index contributed by atoms with van der Waals surface area (Å²) in [5.74, 6) is 0. The van der Waals surface area contributed by atoms with E-state index in [-0.39, 0.29) is 58.6 Å². The second-order valence-corrected chi connectivity index (χ2v) is 48.2. The molecule has 6 heteroatoms. The molecule has 2 nitrogen and oxygen atoms in total. The van der Waals surface area contributed by atoms with Crippen molar-refractivity contribution in [2.75, 3.05) is 9.80 Å². The van der Waals surface area contributed by atoms with E-state index >= 15 is 0 Å². The number of hydrogen-bond donors (Lipinski definition) is 0. The Balaban J connectivity index is 0.00000281. The van der Waals surface area contributed by atoms with Crippen LogP contribution in [0.1, 0.15) is 83.1 Å². The third-order valence-corrected chi connectivity index (χ3v) is 25.7. The zero-order chi connectivity index (χ0) is 35.4. The molecule has 6 rings (SSSR count). The number of benzene rings is 2. The summed E-state index contributed by atoms with van der Waals surface area (Å²) in [6.45, 7) is 31.4. The average Bonchev–Trinajstić information content (AvgIpc) is 3.69. The van der Waals surface area contributed by atoms with E-state index in [0.29, 0.717) is 0 Å². The van der Waals surface area contributed by atoms with E-state index in [1.54, 1.807) is 17.7 Å². The quantitative estimate of drug-likeness (QED) is 0.284. The van der Waals surface area contributed by atoms with Crippen LogP contribution in [-0.2, 0) is 17.4 Å². The van der Waals surface area contributed by atoms with Gasteiger partial charge in [-0.3, -0.25) is 0 Å². The molecule has 0 saturated carbocycles. The van der Waals surface area contributed by atoms with Crippen LogP contribution in [0.5, 0.6) is 0 Å². The summed E-state index contributed by atoms with van der Waals surface area (Å²) in [4.78, 5) is 5.31. The molecule has 0 N–H and O–H groups in total. The first-order valence-electron chi connectivity index (χ1n) is 18.1. The van der Waals surface area contributed by atoms with Crippen molar-refractivity contribution in [3.63, 3.8) is 0 Å². The van der Waals surface area contributed by atoms with E-state index in [1.807, 2.05) is 0 Å². The Morgan fingerprint density at radius 3 is 1.08 bits per heavy atom. The molecule has 50 heavy (non-hydrogen) atoms. The molecule has 2 heterocycles. The van der Waals surface area contributed by atoms with Gasteiger partial charge in [0, 0.05) is 0 Å². The number of allylic oxidation sites excluding steroid dienone is 6. The van der Waals surface area contributed by atoms with Gasteiger partial charge in [0.15, 0.2) is 0 Å². The van der Waals surface area contributed by atoms with Crippen LogP contribution in [0.25, 0.3) is 0 Å². The molecule has 0 saturated heterocycles. The van der Waals surface area contributed by atoms with Gasteiger partial charge in [0.1, 0.15) is 0 Å². The Morgan fingerprint density at radius 1 is 0.520 bits per heavy atom. The van der Waals surface area contributed by atoms with Gasteiger partial charge in [-0.15, -0.1) is 24.8 Å². The molecule has 0 fully saturated rings. The Labute approximate surface area is 319 Å². The molecule has 2 aromatic rings. The first-order valence-corrected chi connectivity index (χ1v) is 31.4. The van der Waals surface area contributed by atoms with Crippen LogP contribution in [0.15, 0.2) is 125 Å². The smallest absolute Gasteiger partial charge is 0.147 e. The predicted octanol–water partition coefficient (Wildman–Crippen LogP) is 12.3. The monoisotopic (exact) mass is 806 g/mol. The van der Waals surface area contributed by atoms with Crippen molar-refractivity contribution in [3.05, 3.63) is 125 Å². The van der Waals surface area contributed by atoms with Crippen LogP contribution < -0.4 is 9.80 Å². The number of anilines is 2. The Bertz CT molecular complexity index is 1790. The van der Waals surface area contributed by atoms with E-state index < -0.39 is 17.4 Å². The standard InChI is InChI=1S/2C21H26N.2CH3.2ClH.H2Si.Zr/c2*1-20(2,3)16-12-15-13-19(21(4,5)6)22(18(15)14-16)17-10-8-7-9-11-17;;;;;;/h2*7-11,13-14,19H,1-6H3;2*1H3;2*1H;1H2;. The van der Waals surface area contributed by atoms with Crippen LogP contribution in [-0.4, -0.2) is 19.0 Å². The van der Waals surface area contributed by atoms with E-state index in [4.69, 9.17) is 0 Å². The van der Waals surface area contributed by atoms with Crippen LogP contribution in [0.4, 0.5) is 11.4 Å². The maximum atomic E-state index is 2.76. The number of fused-ring (bicyclic) bond motifs is 2. The molecule has 2 aromatic carbocycles. The minimum Gasteiger partial charge on any atom is -0.147 e. The first kappa shape index (κ1) is 40.9. The minimum absolute atomic E-state index is 0. The average molecular weight is 809 g/mol. The Hall–Kier alpha value is -1.84. The molecule has 2 unspecified atom stereocenters. The van der Waals surface area contributed by atoms with Gasteiger partial charge < -0.3 is 0 Å². The van der Waals surface area contributed by atoms with Crippen molar-refractivity contribution >= 4 is 43.1 Å². The largest absolute Gasteiger partial charge is 0.147 e. The normalized spacial score (nSPS) is 21.3. The van der Waals surface area contributed by atoms with Crippen LogP contribution in [0, 0.1) is 21.7 Å². The van der Waals surface area contributed by atoms with Gasteiger partial charge in [0.25, 0.3) is 0 Å². The summed E-state index contributed by atoms with van der Waals surface area (Å²) in [6.07, 6.45) is 10.5. The second kappa shape index (κ2) is 12.9. The van der Waals surface area contributed by atoms with Crippen molar-refractivity contribution in [3.8, 4) is 0 Å². The zero-order valence-corrected chi connectivity index (χ0v) is 38.7. The second-order valence-electron chi connectivity index (χ2n) is 20.0. The maximum absolute atomic E-state index is 4.09. The molecule has 2 aliphatic heterocycles. The van der Waals surface area contributed by atoms with E-state index in [9.17, 15) is 0 Å². The summed E-state index contributed by atoms with van der Waals surface area (Å²) in [6, 6.07) is 22.8. The van der Waals surface area contributed by atoms with Crippen molar-refractivity contribution in [2.24, 2.45) is 21.7 Å². The molecular formula is C44H62Cl2N2SiZr. The molecule has 4 aliphatic rings. The summed E-state index contributed by atoms with van der Waals surface area (Å²) in [7, 11) is 0. The fourth-order valence-corrected chi connectivity index (χ4v) is 25.6. The third-order valence-electron chi connectivity index (χ3n) is 11.0. The van der Waals surface area contributed by atoms with E-state index in [1.165, 1.54) is 33.9 Å². The Morgan fingerprint density at radius 2 is 0.820 bits per heavy atom. The number of para-hydroxylation sites is 2. The van der Waals surface area contributed by atoms with Crippen molar-refractivity contribution in [1.82, 2.24) is 0 Å². The van der Waals surface area contributed by atoms with Gasteiger partial charge in [-0.05, 0) is 0 Å². The van der Waals surface area contributed by atoms with Crippen LogP contribution >= 0.6 is 24.8 Å². The maximum Gasteiger partial charge on any atom is -0.147 e. The van der Waals surface area contributed by atoms with Crippen molar-refractivity contribution < 1.29 is 17.4 Å². The number of hydrogen-bond acceptors (Lipinski definition) is 2. The van der Waals surface area contributed by atoms with Gasteiger partial charge in [0.2, 0.25) is 0 Å². The molecular weight excluding hydrogens is 747 g/mol. The van der Waals surface area contributed by atoms with E-state index in [2.05, 4.69) is 194 Å². The number of rotatable bonds is 4. The van der Waals surface area contributed by atoms with Gasteiger partial charge >= 0.3 is 297 Å². The zero-order valence-electron chi connectivity index (χ0n) is 33.2. The molecule has 0 aromatic heterocycles. The molecule has 0 bridgehead atoms. The van der Waals surface area contributed by atoms with Gasteiger partial charge in [-0.1, -0.05) is 0 Å². The topological polar surface area (TPSA) is 6.48 Å². The summed E-state index contributed by atoms with van der Waals surface area (Å²) < 4.78 is 8.91. The Kier molecular flexibility index (Phi) is 10.6. The van der Waals surface area contributed by atoms with Crippen LogP contribution in [0.3, 0.4) is 0 Å². The van der Waals surface area contributed by atoms with Crippen LogP contribution in [0.2, 0.25) is 9.26 Å². The minimum atomic E-state index is -4.09. The number of halogens is 2. The molecule has 2 aliphatic carbocycles. The molecule has 270 valence electrons. The third kappa shape index (κ3) is 6.74. The van der Waals surface area contributed by atoms with E-state index in [0.717, 1.165) is 0 Å². The van der Waals surface area contributed by atoms with Gasteiger partial charge in [-0.25, -0.2) is 0 Å². The summed E-state index contributed by atoms with van der Waals surface area (Å²) >= 11 is -4.09. The predicted molar refractivity (Wildman–Crippen MR) is 224 cm³/mol.